The molecular weight excluding hydrogens is 816 g/mol. The van der Waals surface area contributed by atoms with Gasteiger partial charge in [0.1, 0.15) is 0 Å². The Balaban J connectivity index is 1.36. The van der Waals surface area contributed by atoms with Crippen LogP contribution in [0.25, 0.3) is 103 Å². The van der Waals surface area contributed by atoms with Crippen LogP contribution in [-0.2, 0) is 6.18 Å². The van der Waals surface area contributed by atoms with Gasteiger partial charge in [0, 0.05) is 32.7 Å². The monoisotopic (exact) mass is 843 g/mol. The Kier molecular flexibility index (Phi) is 9.29. The molecule has 65 heavy (non-hydrogen) atoms. The van der Waals surface area contributed by atoms with Crippen LogP contribution in [-0.4, -0.2) is 9.13 Å². The van der Waals surface area contributed by atoms with Gasteiger partial charge in [0.25, 0.3) is 0 Å². The van der Waals surface area contributed by atoms with Gasteiger partial charge in [-0.05, 0) is 113 Å². The standard InChI is InChI=1S/C55H28F3N7/c1-32-21-36(24-38(22-32)55(56,57)58)46-28-53(64-49-11-7-5-9-42(49)45-19-15-35(27-52(45)64)41-17-13-33(30-59)23-47(41)62-3)54(29-48(46)63-4)65-50-12-8-6-10-43(50)44-18-14-34(26-51(44)65)40-20-16-39(61-2)25-37(40)31-60/h5-29H,1H3. The van der Waals surface area contributed by atoms with Gasteiger partial charge in [0.2, 0.25) is 0 Å². The maximum Gasteiger partial charge on any atom is 0.416 e. The molecule has 0 N–H and O–H groups in total. The van der Waals surface area contributed by atoms with Crippen molar-refractivity contribution >= 4 is 60.7 Å². The number of aryl methyl sites for hydroxylation is 1. The van der Waals surface area contributed by atoms with Crippen LogP contribution in [0.3, 0.4) is 0 Å². The van der Waals surface area contributed by atoms with Crippen molar-refractivity contribution in [1.29, 1.82) is 10.5 Å². The van der Waals surface area contributed by atoms with E-state index >= 15 is 0 Å². The number of nitriles is 2. The summed E-state index contributed by atoms with van der Waals surface area (Å²) in [5.41, 5.74) is 8.41. The second-order valence-corrected chi connectivity index (χ2v) is 15.6. The smallest absolute Gasteiger partial charge is 0.308 e. The summed E-state index contributed by atoms with van der Waals surface area (Å²) < 4.78 is 47.4. The van der Waals surface area contributed by atoms with Crippen LogP contribution >= 0.6 is 0 Å². The molecule has 7 nitrogen and oxygen atoms in total. The average Bonchev–Trinajstić information content (AvgIpc) is 3.84. The molecule has 304 valence electrons. The van der Waals surface area contributed by atoms with E-state index in [2.05, 4.69) is 35.8 Å². The zero-order valence-corrected chi connectivity index (χ0v) is 34.2. The van der Waals surface area contributed by atoms with Gasteiger partial charge in [-0.3, -0.25) is 0 Å². The first-order chi connectivity index (χ1) is 31.5. The molecule has 10 heteroatoms. The SMILES string of the molecule is [C-]#[N+]c1ccc(-c2ccc3c4ccccc4n(-c4cc([N+]#[C-])c(-c5cc(C)cc(C(F)(F)F)c5)cc4-n4c5ccccc5c5ccc(-c6ccc(C#N)cc6[N+]#[C-])cc54)c3c2)c(C#N)c1. The summed E-state index contributed by atoms with van der Waals surface area (Å²) in [7, 11) is 0. The van der Waals surface area contributed by atoms with Gasteiger partial charge < -0.3 is 9.13 Å². The number of nitrogens with zero attached hydrogens (tertiary/aromatic N) is 7. The number of para-hydroxylation sites is 2. The molecule has 0 atom stereocenters. The largest absolute Gasteiger partial charge is 0.416 e. The normalized spacial score (nSPS) is 11.3. The molecule has 0 saturated heterocycles. The first-order valence-electron chi connectivity index (χ1n) is 20.2. The van der Waals surface area contributed by atoms with E-state index in [9.17, 15) is 23.7 Å². The molecule has 0 unspecified atom stereocenters. The predicted molar refractivity (Wildman–Crippen MR) is 249 cm³/mol. The molecule has 2 aromatic heterocycles. The molecule has 10 rings (SSSR count). The fraction of sp³-hybridized carbons (Fsp3) is 0.0364. The lowest BCUT2D eigenvalue weighted by Crippen LogP contribution is -2.06. The fourth-order valence-corrected chi connectivity index (χ4v) is 9.03. The van der Waals surface area contributed by atoms with Crippen LogP contribution < -0.4 is 0 Å². The van der Waals surface area contributed by atoms with E-state index in [-0.39, 0.29) is 11.3 Å². The van der Waals surface area contributed by atoms with E-state index in [1.54, 1.807) is 61.5 Å². The Labute approximate surface area is 370 Å². The second-order valence-electron chi connectivity index (χ2n) is 15.6. The van der Waals surface area contributed by atoms with E-state index in [4.69, 9.17) is 19.7 Å². The maximum absolute atomic E-state index is 14.4. The van der Waals surface area contributed by atoms with Crippen LogP contribution in [0.5, 0.6) is 0 Å². The molecule has 8 aromatic carbocycles. The van der Waals surface area contributed by atoms with E-state index < -0.39 is 11.7 Å². The second kappa shape index (κ2) is 15.2. The van der Waals surface area contributed by atoms with Crippen molar-refractivity contribution < 1.29 is 13.2 Å². The Morgan fingerprint density at radius 3 is 1.65 bits per heavy atom. The van der Waals surface area contributed by atoms with Gasteiger partial charge in [-0.1, -0.05) is 84.9 Å². The van der Waals surface area contributed by atoms with Crippen molar-refractivity contribution in [3.8, 4) is 56.9 Å². The fourth-order valence-electron chi connectivity index (χ4n) is 9.03. The van der Waals surface area contributed by atoms with Crippen molar-refractivity contribution in [2.45, 2.75) is 13.1 Å². The third-order valence-electron chi connectivity index (χ3n) is 11.9. The number of fused-ring (bicyclic) bond motifs is 6. The summed E-state index contributed by atoms with van der Waals surface area (Å²) in [4.78, 5) is 11.2. The molecule has 0 amide bonds. The van der Waals surface area contributed by atoms with Gasteiger partial charge in [-0.25, -0.2) is 14.5 Å². The summed E-state index contributed by atoms with van der Waals surface area (Å²) in [6.07, 6.45) is -4.64. The molecule has 0 radical (unpaired) electrons. The highest BCUT2D eigenvalue weighted by Crippen LogP contribution is 2.46. The summed E-state index contributed by atoms with van der Waals surface area (Å²) in [6.45, 7) is 25.6. The minimum Gasteiger partial charge on any atom is -0.308 e. The molecule has 0 fully saturated rings. The average molecular weight is 844 g/mol. The van der Waals surface area contributed by atoms with Crippen molar-refractivity contribution in [1.82, 2.24) is 9.13 Å². The number of benzene rings is 8. The lowest BCUT2D eigenvalue weighted by atomic mass is 9.97. The third kappa shape index (κ3) is 6.49. The maximum atomic E-state index is 14.4. The summed E-state index contributed by atoms with van der Waals surface area (Å²) in [6, 6.07) is 49.2. The molecule has 0 saturated carbocycles. The lowest BCUT2D eigenvalue weighted by molar-refractivity contribution is -0.137. The first-order valence-corrected chi connectivity index (χ1v) is 20.2. The first kappa shape index (κ1) is 39.7. The van der Waals surface area contributed by atoms with Crippen molar-refractivity contribution in [2.24, 2.45) is 0 Å². The molecule has 0 aliphatic rings. The molecule has 0 aliphatic carbocycles. The minimum atomic E-state index is -4.64. The lowest BCUT2D eigenvalue weighted by Gasteiger charge is -2.20. The number of halogens is 3. The number of aromatic nitrogens is 2. The predicted octanol–water partition coefficient (Wildman–Crippen LogP) is 15.6. The topological polar surface area (TPSA) is 70.5 Å². The number of rotatable bonds is 5. The summed E-state index contributed by atoms with van der Waals surface area (Å²) in [5.74, 6) is 0. The van der Waals surface area contributed by atoms with E-state index in [0.29, 0.717) is 61.7 Å². The Morgan fingerprint density at radius 1 is 0.492 bits per heavy atom. The van der Waals surface area contributed by atoms with E-state index in [0.717, 1.165) is 61.3 Å². The summed E-state index contributed by atoms with van der Waals surface area (Å²) >= 11 is 0. The van der Waals surface area contributed by atoms with Crippen LogP contribution in [0, 0.1) is 49.3 Å². The Bertz CT molecular complexity index is 3910. The summed E-state index contributed by atoms with van der Waals surface area (Å²) in [5, 5.41) is 23.4. The van der Waals surface area contributed by atoms with Gasteiger partial charge in [-0.2, -0.15) is 23.7 Å². The number of hydrogen-bond acceptors (Lipinski definition) is 2. The van der Waals surface area contributed by atoms with Crippen molar-refractivity contribution in [3.63, 3.8) is 0 Å². The highest BCUT2D eigenvalue weighted by atomic mass is 19.4. The van der Waals surface area contributed by atoms with Crippen LogP contribution in [0.4, 0.5) is 30.2 Å². The Morgan fingerprint density at radius 2 is 1.06 bits per heavy atom. The van der Waals surface area contributed by atoms with E-state index in [1.807, 2.05) is 84.9 Å². The number of hydrogen-bond donors (Lipinski definition) is 0. The third-order valence-corrected chi connectivity index (χ3v) is 11.9. The molecular formula is C55H28F3N7. The van der Waals surface area contributed by atoms with Crippen molar-refractivity contribution in [3.05, 3.63) is 208 Å². The van der Waals surface area contributed by atoms with Gasteiger partial charge >= 0.3 is 6.18 Å². The van der Waals surface area contributed by atoms with Gasteiger partial charge in [0.05, 0.1) is 70.9 Å². The zero-order valence-electron chi connectivity index (χ0n) is 34.2. The molecule has 0 aliphatic heterocycles. The quantitative estimate of drug-likeness (QED) is 0.162. The molecule has 0 spiro atoms. The minimum absolute atomic E-state index is 0.131. The molecule has 0 bridgehead atoms. The van der Waals surface area contributed by atoms with Gasteiger partial charge in [-0.15, -0.1) is 0 Å². The van der Waals surface area contributed by atoms with Gasteiger partial charge in [0.15, 0.2) is 17.1 Å². The number of alkyl halides is 3. The van der Waals surface area contributed by atoms with E-state index in [1.165, 1.54) is 0 Å². The highest BCUT2D eigenvalue weighted by molar-refractivity contribution is 6.13. The molecule has 2 heterocycles. The van der Waals surface area contributed by atoms with Crippen LogP contribution in [0.15, 0.2) is 152 Å². The van der Waals surface area contributed by atoms with Crippen LogP contribution in [0.2, 0.25) is 0 Å². The van der Waals surface area contributed by atoms with Crippen LogP contribution in [0.1, 0.15) is 22.3 Å². The Hall–Kier alpha value is -9.40. The molecule has 10 aromatic rings. The zero-order chi connectivity index (χ0) is 45.1. The van der Waals surface area contributed by atoms with Crippen molar-refractivity contribution in [2.75, 3.05) is 0 Å². The highest BCUT2D eigenvalue weighted by Gasteiger charge is 2.32.